The maximum Gasteiger partial charge on any atom is 0.273 e. The Bertz CT molecular complexity index is 1170. The van der Waals surface area contributed by atoms with Gasteiger partial charge in [0, 0.05) is 12.4 Å². The summed E-state index contributed by atoms with van der Waals surface area (Å²) in [6.45, 7) is 0. The van der Waals surface area contributed by atoms with Gasteiger partial charge in [-0.2, -0.15) is 5.10 Å². The first-order valence-corrected chi connectivity index (χ1v) is 7.41. The van der Waals surface area contributed by atoms with Gasteiger partial charge in [-0.15, -0.1) is 0 Å². The van der Waals surface area contributed by atoms with Gasteiger partial charge in [0.2, 0.25) is 0 Å². The number of amides is 1. The van der Waals surface area contributed by atoms with E-state index < -0.39 is 23.1 Å². The van der Waals surface area contributed by atoms with Crippen LogP contribution in [0.3, 0.4) is 0 Å². The Balaban J connectivity index is 1.72. The van der Waals surface area contributed by atoms with E-state index >= 15 is 0 Å². The third-order valence-corrected chi connectivity index (χ3v) is 3.72. The van der Waals surface area contributed by atoms with Crippen molar-refractivity contribution in [1.29, 1.82) is 0 Å². The first-order chi connectivity index (χ1) is 12.5. The highest BCUT2D eigenvalue weighted by Crippen LogP contribution is 2.25. The third kappa shape index (κ3) is 2.53. The standard InChI is InChI=1S/C16H10F2N6O2/c17-7-2-1-3-8(18)11(7)15(25)22-10-6-20-24-12(10)14-21-9-4-5-19-16(26)13(9)23-14/h1-6H,(H,19,26)(H,20,24)(H,21,23)(H,22,25). The van der Waals surface area contributed by atoms with Gasteiger partial charge in [0.1, 0.15) is 22.7 Å². The number of H-pyrrole nitrogens is 3. The van der Waals surface area contributed by atoms with Gasteiger partial charge in [-0.3, -0.25) is 14.7 Å². The molecule has 3 aromatic heterocycles. The van der Waals surface area contributed by atoms with Gasteiger partial charge in [0.15, 0.2) is 11.5 Å². The topological polar surface area (TPSA) is 119 Å². The van der Waals surface area contributed by atoms with E-state index in [9.17, 15) is 18.4 Å². The molecule has 0 bridgehead atoms. The third-order valence-electron chi connectivity index (χ3n) is 3.72. The van der Waals surface area contributed by atoms with E-state index in [1.165, 1.54) is 12.4 Å². The Morgan fingerprint density at radius 2 is 1.92 bits per heavy atom. The van der Waals surface area contributed by atoms with Crippen molar-refractivity contribution in [1.82, 2.24) is 25.1 Å². The van der Waals surface area contributed by atoms with Crippen molar-refractivity contribution in [3.8, 4) is 11.5 Å². The van der Waals surface area contributed by atoms with Crippen LogP contribution < -0.4 is 10.9 Å². The predicted molar refractivity (Wildman–Crippen MR) is 88.6 cm³/mol. The summed E-state index contributed by atoms with van der Waals surface area (Å²) >= 11 is 0. The average Bonchev–Trinajstić information content (AvgIpc) is 3.21. The van der Waals surface area contributed by atoms with E-state index in [1.54, 1.807) is 6.07 Å². The van der Waals surface area contributed by atoms with Crippen LogP contribution in [0.2, 0.25) is 0 Å². The van der Waals surface area contributed by atoms with Gasteiger partial charge in [-0.25, -0.2) is 13.8 Å². The van der Waals surface area contributed by atoms with E-state index in [0.717, 1.165) is 18.2 Å². The molecule has 0 saturated heterocycles. The van der Waals surface area contributed by atoms with E-state index in [4.69, 9.17) is 0 Å². The lowest BCUT2D eigenvalue weighted by atomic mass is 10.2. The van der Waals surface area contributed by atoms with E-state index in [0.29, 0.717) is 5.52 Å². The second kappa shape index (κ2) is 5.92. The molecule has 4 rings (SSSR count). The number of carbonyl (C=O) groups is 1. The molecule has 0 saturated carbocycles. The molecule has 0 unspecified atom stereocenters. The molecule has 0 radical (unpaired) electrons. The highest BCUT2D eigenvalue weighted by atomic mass is 19.1. The fourth-order valence-corrected chi connectivity index (χ4v) is 2.53. The van der Waals surface area contributed by atoms with Crippen LogP contribution in [0.15, 0.2) is 41.5 Å². The molecule has 1 amide bonds. The van der Waals surface area contributed by atoms with E-state index in [1.807, 2.05) is 0 Å². The smallest absolute Gasteiger partial charge is 0.273 e. The monoisotopic (exact) mass is 356 g/mol. The summed E-state index contributed by atoms with van der Waals surface area (Å²) in [5.41, 5.74) is -0.0950. The number of anilines is 1. The zero-order valence-electron chi connectivity index (χ0n) is 12.9. The first-order valence-electron chi connectivity index (χ1n) is 7.41. The van der Waals surface area contributed by atoms with Crippen molar-refractivity contribution in [3.63, 3.8) is 0 Å². The Morgan fingerprint density at radius 1 is 1.15 bits per heavy atom. The molecule has 26 heavy (non-hydrogen) atoms. The van der Waals surface area contributed by atoms with Crippen LogP contribution in [0.4, 0.5) is 14.5 Å². The molecule has 10 heteroatoms. The van der Waals surface area contributed by atoms with Crippen LogP contribution in [0.25, 0.3) is 22.6 Å². The Labute approximate surface area is 143 Å². The van der Waals surface area contributed by atoms with Crippen LogP contribution >= 0.6 is 0 Å². The van der Waals surface area contributed by atoms with Crippen molar-refractivity contribution in [3.05, 3.63) is 64.2 Å². The van der Waals surface area contributed by atoms with Gasteiger partial charge in [0.25, 0.3) is 11.5 Å². The minimum Gasteiger partial charge on any atom is -0.332 e. The molecule has 0 spiro atoms. The molecule has 8 nitrogen and oxygen atoms in total. The fourth-order valence-electron chi connectivity index (χ4n) is 2.53. The summed E-state index contributed by atoms with van der Waals surface area (Å²) in [7, 11) is 0. The van der Waals surface area contributed by atoms with Crippen molar-refractivity contribution >= 4 is 22.6 Å². The maximum atomic E-state index is 13.8. The number of hydrogen-bond donors (Lipinski definition) is 4. The zero-order chi connectivity index (χ0) is 18.3. The van der Waals surface area contributed by atoms with Crippen LogP contribution in [0.5, 0.6) is 0 Å². The van der Waals surface area contributed by atoms with Crippen molar-refractivity contribution in [2.75, 3.05) is 5.32 Å². The minimum atomic E-state index is -0.984. The van der Waals surface area contributed by atoms with Crippen molar-refractivity contribution < 1.29 is 13.6 Å². The highest BCUT2D eigenvalue weighted by Gasteiger charge is 2.21. The second-order valence-electron chi connectivity index (χ2n) is 5.35. The van der Waals surface area contributed by atoms with Gasteiger partial charge in [-0.1, -0.05) is 6.07 Å². The molecular formula is C16H10F2N6O2. The number of hydrogen-bond acceptors (Lipinski definition) is 4. The number of aromatic amines is 3. The summed E-state index contributed by atoms with van der Waals surface area (Å²) < 4.78 is 27.5. The molecule has 0 aliphatic heterocycles. The Morgan fingerprint density at radius 3 is 2.65 bits per heavy atom. The molecule has 3 heterocycles. The summed E-state index contributed by atoms with van der Waals surface area (Å²) in [5.74, 6) is -2.73. The zero-order valence-corrected chi connectivity index (χ0v) is 12.9. The maximum absolute atomic E-state index is 13.8. The molecule has 4 N–H and O–H groups in total. The normalized spacial score (nSPS) is 11.0. The summed E-state index contributed by atoms with van der Waals surface area (Å²) in [5, 5.41) is 8.90. The lowest BCUT2D eigenvalue weighted by Gasteiger charge is -2.06. The van der Waals surface area contributed by atoms with Gasteiger partial charge in [0.05, 0.1) is 11.2 Å². The number of rotatable bonds is 3. The predicted octanol–water partition coefficient (Wildman–Crippen LogP) is 2.17. The minimum absolute atomic E-state index is 0.146. The quantitative estimate of drug-likeness (QED) is 0.450. The number of nitrogens with zero attached hydrogens (tertiary/aromatic N) is 2. The molecule has 130 valence electrons. The number of benzene rings is 1. The summed E-state index contributed by atoms with van der Waals surface area (Å²) in [6.07, 6.45) is 2.78. The Kier molecular flexibility index (Phi) is 3.57. The van der Waals surface area contributed by atoms with Crippen molar-refractivity contribution in [2.24, 2.45) is 0 Å². The Hall–Kier alpha value is -3.82. The number of fused-ring (bicyclic) bond motifs is 1. The molecule has 0 aliphatic rings. The van der Waals surface area contributed by atoms with Gasteiger partial charge >= 0.3 is 0 Å². The number of imidazole rings is 1. The fraction of sp³-hybridized carbons (Fsp3) is 0. The SMILES string of the molecule is O=C(Nc1c[nH]nc1-c1nc2cc[nH]c(=O)c2[nH]1)c1c(F)cccc1F. The lowest BCUT2D eigenvalue weighted by molar-refractivity contribution is 0.101. The molecule has 0 fully saturated rings. The van der Waals surface area contributed by atoms with Crippen LogP contribution in [-0.2, 0) is 0 Å². The number of pyridine rings is 1. The lowest BCUT2D eigenvalue weighted by Crippen LogP contribution is -2.16. The van der Waals surface area contributed by atoms with Crippen LogP contribution in [0, 0.1) is 11.6 Å². The highest BCUT2D eigenvalue weighted by molar-refractivity contribution is 6.06. The van der Waals surface area contributed by atoms with E-state index in [2.05, 4.69) is 30.5 Å². The molecular weight excluding hydrogens is 346 g/mol. The number of nitrogens with one attached hydrogen (secondary N) is 4. The summed E-state index contributed by atoms with van der Waals surface area (Å²) in [6, 6.07) is 4.73. The van der Waals surface area contributed by atoms with Gasteiger partial charge in [-0.05, 0) is 18.2 Å². The second-order valence-corrected chi connectivity index (χ2v) is 5.35. The molecule has 4 aromatic rings. The molecule has 1 aromatic carbocycles. The molecule has 0 aliphatic carbocycles. The van der Waals surface area contributed by atoms with E-state index in [-0.39, 0.29) is 28.3 Å². The number of carbonyl (C=O) groups excluding carboxylic acids is 1. The first kappa shape index (κ1) is 15.7. The average molecular weight is 356 g/mol. The largest absolute Gasteiger partial charge is 0.332 e. The van der Waals surface area contributed by atoms with Crippen LogP contribution in [-0.4, -0.2) is 31.1 Å². The molecule has 0 atom stereocenters. The number of aromatic nitrogens is 5. The van der Waals surface area contributed by atoms with Gasteiger partial charge < -0.3 is 15.3 Å². The summed E-state index contributed by atoms with van der Waals surface area (Å²) in [4.78, 5) is 33.6. The van der Waals surface area contributed by atoms with Crippen molar-refractivity contribution in [2.45, 2.75) is 0 Å². The number of halogens is 2. The van der Waals surface area contributed by atoms with Crippen LogP contribution in [0.1, 0.15) is 10.4 Å².